The van der Waals surface area contributed by atoms with Crippen molar-refractivity contribution in [2.45, 2.75) is 0 Å². The number of carbonyl (C=O) groups excluding carboxylic acids is 1. The van der Waals surface area contributed by atoms with Crippen LogP contribution in [0.15, 0.2) is 30.6 Å². The average Bonchev–Trinajstić information content (AvgIpc) is 2.82. The maximum atomic E-state index is 11.2. The summed E-state index contributed by atoms with van der Waals surface area (Å²) in [5, 5.41) is 14.1. The summed E-state index contributed by atoms with van der Waals surface area (Å²) in [6.45, 7) is 0. The Bertz CT molecular complexity index is 448. The average molecular weight is 203 g/mol. The van der Waals surface area contributed by atoms with Gasteiger partial charge in [0.25, 0.3) is 5.91 Å². The van der Waals surface area contributed by atoms with Crippen LogP contribution in [-0.4, -0.2) is 32.9 Å². The lowest BCUT2D eigenvalue weighted by Crippen LogP contribution is -2.19. The fraction of sp³-hybridized carbons (Fsp3) is 0.111. The molecule has 6 nitrogen and oxygen atoms in total. The van der Waals surface area contributed by atoms with Crippen LogP contribution < -0.4 is 5.32 Å². The molecule has 0 spiro atoms. The zero-order valence-electron chi connectivity index (χ0n) is 8.08. The Balaban J connectivity index is 2.29. The number of carbonyl (C=O) groups is 1. The minimum absolute atomic E-state index is 0.255. The molecule has 0 atom stereocenters. The highest BCUT2D eigenvalue weighted by Gasteiger charge is 2.05. The summed E-state index contributed by atoms with van der Waals surface area (Å²) >= 11 is 0. The van der Waals surface area contributed by atoms with E-state index in [1.807, 2.05) is 0 Å². The van der Waals surface area contributed by atoms with Crippen molar-refractivity contribution in [2.24, 2.45) is 0 Å². The third-order valence-electron chi connectivity index (χ3n) is 1.85. The molecule has 0 unspecified atom stereocenters. The molecule has 6 heteroatoms. The summed E-state index contributed by atoms with van der Waals surface area (Å²) in [5.74, 6) is 0.321. The van der Waals surface area contributed by atoms with Crippen LogP contribution in [-0.2, 0) is 0 Å². The molecule has 0 aliphatic rings. The zero-order chi connectivity index (χ0) is 10.7. The number of hydrogen-bond acceptors (Lipinski definition) is 4. The molecule has 76 valence electrons. The van der Waals surface area contributed by atoms with Gasteiger partial charge in [-0.1, -0.05) is 0 Å². The Kier molecular flexibility index (Phi) is 2.40. The van der Waals surface area contributed by atoms with Gasteiger partial charge in [-0.25, -0.2) is 4.68 Å². The Morgan fingerprint density at radius 3 is 2.80 bits per heavy atom. The predicted molar refractivity (Wildman–Crippen MR) is 52.5 cm³/mol. The lowest BCUT2D eigenvalue weighted by molar-refractivity contribution is 0.0957. The van der Waals surface area contributed by atoms with Crippen LogP contribution in [0.3, 0.4) is 0 Å². The quantitative estimate of drug-likeness (QED) is 0.746. The number of aromatic nitrogens is 4. The van der Waals surface area contributed by atoms with Gasteiger partial charge in [0.2, 0.25) is 0 Å². The summed E-state index contributed by atoms with van der Waals surface area (Å²) in [6.07, 6.45) is 3.40. The van der Waals surface area contributed by atoms with E-state index in [9.17, 15) is 4.79 Å². The molecular formula is C9H9N5O. The van der Waals surface area contributed by atoms with E-state index in [0.29, 0.717) is 5.82 Å². The molecule has 0 saturated heterocycles. The van der Waals surface area contributed by atoms with Crippen molar-refractivity contribution in [1.29, 1.82) is 0 Å². The monoisotopic (exact) mass is 203 g/mol. The van der Waals surface area contributed by atoms with E-state index in [1.165, 1.54) is 0 Å². The molecule has 0 aliphatic heterocycles. The molecule has 1 amide bonds. The van der Waals surface area contributed by atoms with Crippen LogP contribution in [0.2, 0.25) is 0 Å². The molecule has 0 fully saturated rings. The van der Waals surface area contributed by atoms with Gasteiger partial charge in [-0.3, -0.25) is 4.79 Å². The van der Waals surface area contributed by atoms with Crippen LogP contribution in [0.5, 0.6) is 0 Å². The largest absolute Gasteiger partial charge is 0.354 e. The Labute approximate surface area is 85.9 Å². The van der Waals surface area contributed by atoms with Gasteiger partial charge in [-0.15, -0.1) is 10.2 Å². The second-order valence-electron chi connectivity index (χ2n) is 2.81. The fourth-order valence-corrected chi connectivity index (χ4v) is 1.10. The number of hydrogen-bond donors (Lipinski definition) is 1. The van der Waals surface area contributed by atoms with Crippen LogP contribution in [0.4, 0.5) is 0 Å². The summed E-state index contributed by atoms with van der Waals surface area (Å²) in [6, 6.07) is 5.07. The molecule has 2 aromatic rings. The summed E-state index contributed by atoms with van der Waals surface area (Å²) < 4.78 is 1.57. The molecule has 0 radical (unpaired) electrons. The van der Waals surface area contributed by atoms with E-state index in [0.717, 1.165) is 0 Å². The van der Waals surface area contributed by atoms with E-state index in [-0.39, 0.29) is 11.6 Å². The highest BCUT2D eigenvalue weighted by atomic mass is 16.1. The highest BCUT2D eigenvalue weighted by molar-refractivity contribution is 5.91. The van der Waals surface area contributed by atoms with Crippen molar-refractivity contribution < 1.29 is 4.79 Å². The topological polar surface area (TPSA) is 72.7 Å². The minimum Gasteiger partial charge on any atom is -0.354 e. The predicted octanol–water partition coefficient (Wildman–Crippen LogP) is 0.0219. The molecule has 15 heavy (non-hydrogen) atoms. The van der Waals surface area contributed by atoms with Gasteiger partial charge in [-0.2, -0.15) is 5.10 Å². The first kappa shape index (κ1) is 9.32. The van der Waals surface area contributed by atoms with Crippen LogP contribution in [0, 0.1) is 0 Å². The Morgan fingerprint density at radius 1 is 1.40 bits per heavy atom. The van der Waals surface area contributed by atoms with Crippen molar-refractivity contribution in [1.82, 2.24) is 25.3 Å². The number of nitrogens with zero attached hydrogens (tertiary/aromatic N) is 4. The standard InChI is InChI=1S/C9H9N5O/c1-10-9(15)7-3-4-8(13-12-7)14-6-2-5-11-14/h2-6H,1H3,(H,10,15). The van der Waals surface area contributed by atoms with Crippen LogP contribution in [0.25, 0.3) is 5.82 Å². The zero-order valence-corrected chi connectivity index (χ0v) is 8.08. The van der Waals surface area contributed by atoms with E-state index in [4.69, 9.17) is 0 Å². The van der Waals surface area contributed by atoms with Crippen LogP contribution >= 0.6 is 0 Å². The maximum absolute atomic E-state index is 11.2. The molecule has 2 heterocycles. The molecule has 0 bridgehead atoms. The molecule has 0 saturated carbocycles. The van der Waals surface area contributed by atoms with Gasteiger partial charge in [-0.05, 0) is 18.2 Å². The fourth-order valence-electron chi connectivity index (χ4n) is 1.10. The molecule has 1 N–H and O–H groups in total. The third kappa shape index (κ3) is 1.83. The summed E-state index contributed by atoms with van der Waals surface area (Å²) in [4.78, 5) is 11.2. The molecule has 0 aliphatic carbocycles. The molecular weight excluding hydrogens is 194 g/mol. The number of amides is 1. The van der Waals surface area contributed by atoms with Gasteiger partial charge in [0.1, 0.15) is 0 Å². The second-order valence-corrected chi connectivity index (χ2v) is 2.81. The molecule has 2 rings (SSSR count). The van der Waals surface area contributed by atoms with Gasteiger partial charge >= 0.3 is 0 Å². The van der Waals surface area contributed by atoms with Gasteiger partial charge in [0, 0.05) is 19.4 Å². The van der Waals surface area contributed by atoms with Crippen LogP contribution in [0.1, 0.15) is 10.5 Å². The van der Waals surface area contributed by atoms with Crippen molar-refractivity contribution in [3.8, 4) is 5.82 Å². The van der Waals surface area contributed by atoms with E-state index < -0.39 is 0 Å². The Morgan fingerprint density at radius 2 is 2.27 bits per heavy atom. The van der Waals surface area contributed by atoms with Gasteiger partial charge in [0.15, 0.2) is 11.5 Å². The van der Waals surface area contributed by atoms with Crippen molar-refractivity contribution in [3.05, 3.63) is 36.3 Å². The Hall–Kier alpha value is -2.24. The first-order valence-corrected chi connectivity index (χ1v) is 4.37. The lowest BCUT2D eigenvalue weighted by Gasteiger charge is -2.00. The molecule has 0 aromatic carbocycles. The summed E-state index contributed by atoms with van der Waals surface area (Å²) in [7, 11) is 1.55. The van der Waals surface area contributed by atoms with Gasteiger partial charge < -0.3 is 5.32 Å². The SMILES string of the molecule is CNC(=O)c1ccc(-n2cccn2)nn1. The third-order valence-corrected chi connectivity index (χ3v) is 1.85. The smallest absolute Gasteiger partial charge is 0.271 e. The van der Waals surface area contributed by atoms with E-state index in [1.54, 1.807) is 42.3 Å². The van der Waals surface area contributed by atoms with Crippen molar-refractivity contribution in [2.75, 3.05) is 7.05 Å². The normalized spacial score (nSPS) is 9.93. The first-order valence-electron chi connectivity index (χ1n) is 4.37. The molecule has 2 aromatic heterocycles. The van der Waals surface area contributed by atoms with Crippen molar-refractivity contribution in [3.63, 3.8) is 0 Å². The maximum Gasteiger partial charge on any atom is 0.271 e. The highest BCUT2D eigenvalue weighted by Crippen LogP contribution is 2.01. The van der Waals surface area contributed by atoms with Gasteiger partial charge in [0.05, 0.1) is 0 Å². The van der Waals surface area contributed by atoms with Crippen molar-refractivity contribution >= 4 is 5.91 Å². The number of rotatable bonds is 2. The number of nitrogens with one attached hydrogen (secondary N) is 1. The minimum atomic E-state index is -0.255. The van der Waals surface area contributed by atoms with E-state index >= 15 is 0 Å². The summed E-state index contributed by atoms with van der Waals surface area (Å²) in [5.41, 5.74) is 0.286. The van der Waals surface area contributed by atoms with E-state index in [2.05, 4.69) is 20.6 Å². The lowest BCUT2D eigenvalue weighted by atomic mass is 10.3. The second kappa shape index (κ2) is 3.87. The first-order chi connectivity index (χ1) is 7.31.